The van der Waals surface area contributed by atoms with Crippen LogP contribution in [0, 0.1) is 0 Å². The van der Waals surface area contributed by atoms with Crippen molar-refractivity contribution in [1.82, 2.24) is 10.2 Å². The number of likely N-dealkylation sites (tertiary alicyclic amines) is 1. The van der Waals surface area contributed by atoms with E-state index in [1.54, 1.807) is 0 Å². The smallest absolute Gasteiger partial charge is 0.0779 e. The van der Waals surface area contributed by atoms with E-state index in [2.05, 4.69) is 24.1 Å². The summed E-state index contributed by atoms with van der Waals surface area (Å²) in [6, 6.07) is 0. The molecule has 0 bridgehead atoms. The maximum Gasteiger partial charge on any atom is 0.0779 e. The van der Waals surface area contributed by atoms with Gasteiger partial charge in [-0.1, -0.05) is 6.92 Å². The Bertz CT molecular complexity index is 291. The lowest BCUT2D eigenvalue weighted by molar-refractivity contribution is 0.0134. The van der Waals surface area contributed by atoms with Gasteiger partial charge in [-0.05, 0) is 65.1 Å². The topological polar surface area (TPSA) is 50.5 Å². The van der Waals surface area contributed by atoms with Gasteiger partial charge in [-0.25, -0.2) is 0 Å². The fraction of sp³-hybridized carbons (Fsp3) is 1.00. The fourth-order valence-corrected chi connectivity index (χ4v) is 3.59. The maximum atomic E-state index is 6.13. The van der Waals surface area contributed by atoms with E-state index in [9.17, 15) is 0 Å². The van der Waals surface area contributed by atoms with Gasteiger partial charge in [0.2, 0.25) is 0 Å². The number of nitrogens with one attached hydrogen (secondary N) is 1. The second kappa shape index (κ2) is 7.21. The molecule has 2 saturated heterocycles. The molecule has 2 aliphatic heterocycles. The van der Waals surface area contributed by atoms with Gasteiger partial charge in [-0.2, -0.15) is 0 Å². The number of rotatable bonds is 6. The predicted octanol–water partition coefficient (Wildman–Crippen LogP) is 1.74. The Balaban J connectivity index is 1.88. The first-order chi connectivity index (χ1) is 9.61. The Morgan fingerprint density at radius 2 is 2.05 bits per heavy atom. The number of hydrogen-bond donors (Lipinski definition) is 2. The molecule has 0 saturated carbocycles. The van der Waals surface area contributed by atoms with Crippen LogP contribution in [-0.4, -0.2) is 55.4 Å². The van der Waals surface area contributed by atoms with E-state index in [1.807, 2.05) is 0 Å². The molecule has 2 heterocycles. The van der Waals surface area contributed by atoms with Crippen LogP contribution in [0.1, 0.15) is 52.4 Å². The van der Waals surface area contributed by atoms with Gasteiger partial charge in [-0.15, -0.1) is 0 Å². The van der Waals surface area contributed by atoms with E-state index < -0.39 is 0 Å². The van der Waals surface area contributed by atoms with Crippen LogP contribution in [-0.2, 0) is 4.74 Å². The summed E-state index contributed by atoms with van der Waals surface area (Å²) in [4.78, 5) is 2.59. The van der Waals surface area contributed by atoms with Gasteiger partial charge in [0.25, 0.3) is 0 Å². The number of hydrogen-bond acceptors (Lipinski definition) is 4. The quantitative estimate of drug-likeness (QED) is 0.779. The van der Waals surface area contributed by atoms with E-state index >= 15 is 0 Å². The average Bonchev–Trinajstić information content (AvgIpc) is 2.78. The van der Waals surface area contributed by atoms with Crippen molar-refractivity contribution in [2.45, 2.75) is 63.5 Å². The molecule has 0 spiro atoms. The average molecular weight is 283 g/mol. The van der Waals surface area contributed by atoms with E-state index in [0.29, 0.717) is 0 Å². The lowest BCUT2D eigenvalue weighted by atomic mass is 9.89. The molecule has 20 heavy (non-hydrogen) atoms. The molecule has 0 radical (unpaired) electrons. The molecule has 3 N–H and O–H groups in total. The first kappa shape index (κ1) is 16.2. The molecule has 0 amide bonds. The van der Waals surface area contributed by atoms with Crippen LogP contribution in [0.15, 0.2) is 0 Å². The molecule has 4 heteroatoms. The van der Waals surface area contributed by atoms with Crippen molar-refractivity contribution in [1.29, 1.82) is 0 Å². The van der Waals surface area contributed by atoms with Crippen LogP contribution < -0.4 is 11.1 Å². The molecule has 118 valence electrons. The Labute approximate surface area is 124 Å². The molecule has 0 aromatic carbocycles. The van der Waals surface area contributed by atoms with Crippen molar-refractivity contribution in [3.63, 3.8) is 0 Å². The molecule has 2 atom stereocenters. The van der Waals surface area contributed by atoms with E-state index in [-0.39, 0.29) is 11.1 Å². The summed E-state index contributed by atoms with van der Waals surface area (Å²) in [6.07, 6.45) is 7.22. The summed E-state index contributed by atoms with van der Waals surface area (Å²) < 4.78 is 5.90. The second-order valence-corrected chi connectivity index (χ2v) is 6.94. The SMILES string of the molecule is CCCN1CCCC(CN)(NCC2(C)CCCO2)CC1. The fourth-order valence-electron chi connectivity index (χ4n) is 3.59. The van der Waals surface area contributed by atoms with Gasteiger partial charge < -0.3 is 20.7 Å². The lowest BCUT2D eigenvalue weighted by Crippen LogP contribution is -2.55. The van der Waals surface area contributed by atoms with Gasteiger partial charge in [0.1, 0.15) is 0 Å². The van der Waals surface area contributed by atoms with E-state index in [0.717, 1.165) is 19.7 Å². The predicted molar refractivity (Wildman–Crippen MR) is 84.0 cm³/mol. The number of nitrogens with zero attached hydrogens (tertiary/aromatic N) is 1. The summed E-state index contributed by atoms with van der Waals surface area (Å²) in [5, 5.41) is 3.79. The zero-order valence-corrected chi connectivity index (χ0v) is 13.4. The molecule has 2 unspecified atom stereocenters. The van der Waals surface area contributed by atoms with Crippen LogP contribution in [0.25, 0.3) is 0 Å². The molecule has 4 nitrogen and oxygen atoms in total. The molecule has 0 aromatic rings. The molecular formula is C16H33N3O. The Kier molecular flexibility index (Phi) is 5.84. The third kappa shape index (κ3) is 4.17. The highest BCUT2D eigenvalue weighted by Gasteiger charge is 2.35. The van der Waals surface area contributed by atoms with Gasteiger partial charge in [0, 0.05) is 25.2 Å². The van der Waals surface area contributed by atoms with Crippen LogP contribution in [0.5, 0.6) is 0 Å². The normalized spacial score (nSPS) is 36.1. The van der Waals surface area contributed by atoms with Crippen LogP contribution in [0.3, 0.4) is 0 Å². The highest BCUT2D eigenvalue weighted by Crippen LogP contribution is 2.27. The lowest BCUT2D eigenvalue weighted by Gasteiger charge is -2.36. The largest absolute Gasteiger partial charge is 0.374 e. The third-order valence-corrected chi connectivity index (χ3v) is 5.10. The van der Waals surface area contributed by atoms with Gasteiger partial charge >= 0.3 is 0 Å². The zero-order chi connectivity index (χ0) is 14.5. The summed E-state index contributed by atoms with van der Waals surface area (Å²) >= 11 is 0. The highest BCUT2D eigenvalue weighted by atomic mass is 16.5. The van der Waals surface area contributed by atoms with Crippen molar-refractivity contribution in [2.75, 3.05) is 39.3 Å². The van der Waals surface area contributed by atoms with Crippen LogP contribution >= 0.6 is 0 Å². The molecular weight excluding hydrogens is 250 g/mol. The Morgan fingerprint density at radius 3 is 2.70 bits per heavy atom. The summed E-state index contributed by atoms with van der Waals surface area (Å²) in [7, 11) is 0. The number of nitrogens with two attached hydrogens (primary N) is 1. The Hall–Kier alpha value is -0.160. The molecule has 2 fully saturated rings. The standard InChI is InChI=1S/C16H33N3O/c1-3-9-19-10-4-7-16(13-17,8-11-19)18-14-15(2)6-5-12-20-15/h18H,3-14,17H2,1-2H3. The van der Waals surface area contributed by atoms with Crippen molar-refractivity contribution in [2.24, 2.45) is 5.73 Å². The minimum atomic E-state index is 0.0254. The first-order valence-electron chi connectivity index (χ1n) is 8.43. The molecule has 2 rings (SSSR count). The highest BCUT2D eigenvalue weighted by molar-refractivity contribution is 4.95. The van der Waals surface area contributed by atoms with Crippen molar-refractivity contribution in [3.8, 4) is 0 Å². The van der Waals surface area contributed by atoms with Crippen molar-refractivity contribution in [3.05, 3.63) is 0 Å². The molecule has 0 aliphatic carbocycles. The van der Waals surface area contributed by atoms with Crippen LogP contribution in [0.2, 0.25) is 0 Å². The molecule has 2 aliphatic rings. The van der Waals surface area contributed by atoms with E-state index in [1.165, 1.54) is 58.2 Å². The monoisotopic (exact) mass is 283 g/mol. The Morgan fingerprint density at radius 1 is 1.20 bits per heavy atom. The summed E-state index contributed by atoms with van der Waals surface area (Å²) in [5.41, 5.74) is 6.28. The first-order valence-corrected chi connectivity index (χ1v) is 8.43. The minimum Gasteiger partial charge on any atom is -0.374 e. The summed E-state index contributed by atoms with van der Waals surface area (Å²) in [6.45, 7) is 10.7. The van der Waals surface area contributed by atoms with Gasteiger partial charge in [0.15, 0.2) is 0 Å². The third-order valence-electron chi connectivity index (χ3n) is 5.10. The molecule has 0 aromatic heterocycles. The maximum absolute atomic E-state index is 6.13. The van der Waals surface area contributed by atoms with E-state index in [4.69, 9.17) is 10.5 Å². The second-order valence-electron chi connectivity index (χ2n) is 6.94. The zero-order valence-electron chi connectivity index (χ0n) is 13.4. The van der Waals surface area contributed by atoms with Crippen molar-refractivity contribution >= 4 is 0 Å². The number of ether oxygens (including phenoxy) is 1. The summed E-state index contributed by atoms with van der Waals surface area (Å²) in [5.74, 6) is 0. The van der Waals surface area contributed by atoms with Crippen molar-refractivity contribution < 1.29 is 4.74 Å². The van der Waals surface area contributed by atoms with Gasteiger partial charge in [0.05, 0.1) is 5.60 Å². The van der Waals surface area contributed by atoms with Crippen LogP contribution in [0.4, 0.5) is 0 Å². The minimum absolute atomic E-state index is 0.0254. The van der Waals surface area contributed by atoms with Gasteiger partial charge in [-0.3, -0.25) is 0 Å².